The van der Waals surface area contributed by atoms with Gasteiger partial charge in [0.2, 0.25) is 5.91 Å². The van der Waals surface area contributed by atoms with Gasteiger partial charge in [-0.15, -0.1) is 0 Å². The smallest absolute Gasteiger partial charge is 0.256 e. The number of nitrogens with zero attached hydrogens (tertiary/aromatic N) is 3. The summed E-state index contributed by atoms with van der Waals surface area (Å²) in [6, 6.07) is 23.8. The van der Waals surface area contributed by atoms with Gasteiger partial charge in [0.1, 0.15) is 5.75 Å². The van der Waals surface area contributed by atoms with E-state index < -0.39 is 0 Å². The highest BCUT2D eigenvalue weighted by Crippen LogP contribution is 2.32. The van der Waals surface area contributed by atoms with Gasteiger partial charge < -0.3 is 24.8 Å². The minimum atomic E-state index is -0.248. The zero-order chi connectivity index (χ0) is 28.8. The largest absolute Gasteiger partial charge is 0.495 e. The molecule has 0 bridgehead atoms. The lowest BCUT2D eigenvalue weighted by Gasteiger charge is -2.39. The first-order valence-corrected chi connectivity index (χ1v) is 14.9. The molecule has 0 aliphatic carbocycles. The molecule has 7 nitrogen and oxygen atoms in total. The van der Waals surface area contributed by atoms with E-state index >= 15 is 0 Å². The third-order valence-corrected chi connectivity index (χ3v) is 8.54. The molecule has 1 unspecified atom stereocenters. The molecule has 0 aromatic heterocycles. The number of methoxy groups -OCH3 is 1. The molecule has 2 fully saturated rings. The van der Waals surface area contributed by atoms with Crippen LogP contribution in [0.15, 0.2) is 72.8 Å². The Labute approximate surface area is 244 Å². The number of nitrogens with one attached hydrogen (secondary N) is 1. The van der Waals surface area contributed by atoms with E-state index in [-0.39, 0.29) is 17.7 Å². The predicted octanol–water partition coefficient (Wildman–Crippen LogP) is 6.03. The molecule has 2 aliphatic heterocycles. The average molecular weight is 555 g/mol. The molecule has 3 aromatic carbocycles. The molecular weight excluding hydrogens is 512 g/mol. The molecule has 216 valence electrons. The summed E-state index contributed by atoms with van der Waals surface area (Å²) in [5, 5.41) is 3.12. The summed E-state index contributed by atoms with van der Waals surface area (Å²) in [5.41, 5.74) is 4.35. The second-order valence-electron chi connectivity index (χ2n) is 11.2. The summed E-state index contributed by atoms with van der Waals surface area (Å²) >= 11 is 0. The first kappa shape index (κ1) is 28.5. The van der Waals surface area contributed by atoms with E-state index in [1.807, 2.05) is 78.6 Å². The van der Waals surface area contributed by atoms with Gasteiger partial charge in [-0.25, -0.2) is 0 Å². The lowest BCUT2D eigenvalue weighted by molar-refractivity contribution is -0.117. The number of para-hydroxylation sites is 2. The first-order valence-electron chi connectivity index (χ1n) is 14.9. The van der Waals surface area contributed by atoms with E-state index in [0.717, 1.165) is 74.8 Å². The summed E-state index contributed by atoms with van der Waals surface area (Å²) < 4.78 is 5.59. The Morgan fingerprint density at radius 3 is 2.15 bits per heavy atom. The van der Waals surface area contributed by atoms with Crippen LogP contribution in [0.5, 0.6) is 5.75 Å². The highest BCUT2D eigenvalue weighted by atomic mass is 16.5. The van der Waals surface area contributed by atoms with Crippen LogP contribution >= 0.6 is 0 Å². The van der Waals surface area contributed by atoms with Crippen LogP contribution in [-0.4, -0.2) is 63.1 Å². The molecule has 0 saturated carbocycles. The summed E-state index contributed by atoms with van der Waals surface area (Å²) in [7, 11) is 1.71. The third kappa shape index (κ3) is 6.50. The van der Waals surface area contributed by atoms with Gasteiger partial charge in [0.15, 0.2) is 0 Å². The van der Waals surface area contributed by atoms with Crippen molar-refractivity contribution in [2.24, 2.45) is 5.92 Å². The number of rotatable bonds is 8. The van der Waals surface area contributed by atoms with Crippen molar-refractivity contribution in [1.29, 1.82) is 0 Å². The van der Waals surface area contributed by atoms with Gasteiger partial charge in [0, 0.05) is 50.6 Å². The van der Waals surface area contributed by atoms with Crippen LogP contribution in [0.3, 0.4) is 0 Å². The Morgan fingerprint density at radius 2 is 1.49 bits per heavy atom. The van der Waals surface area contributed by atoms with Crippen LogP contribution in [0, 0.1) is 5.92 Å². The second kappa shape index (κ2) is 13.1. The molecule has 2 aliphatic rings. The third-order valence-electron chi connectivity index (χ3n) is 8.54. The highest BCUT2D eigenvalue weighted by Gasteiger charge is 2.28. The van der Waals surface area contributed by atoms with Crippen molar-refractivity contribution < 1.29 is 14.3 Å². The molecule has 2 amide bonds. The van der Waals surface area contributed by atoms with Crippen LogP contribution in [0.25, 0.3) is 0 Å². The van der Waals surface area contributed by atoms with Crippen molar-refractivity contribution in [3.63, 3.8) is 0 Å². The molecule has 0 spiro atoms. The zero-order valence-corrected chi connectivity index (χ0v) is 24.5. The van der Waals surface area contributed by atoms with Gasteiger partial charge in [0.25, 0.3) is 5.91 Å². The molecule has 5 rings (SSSR count). The van der Waals surface area contributed by atoms with Crippen LogP contribution in [0.2, 0.25) is 0 Å². The topological polar surface area (TPSA) is 65.1 Å². The Hall–Kier alpha value is -4.00. The Morgan fingerprint density at radius 1 is 0.854 bits per heavy atom. The standard InChI is InChI=1S/C34H42N4O3/c1-4-28(26-10-6-5-7-11-26)33(39)35-27-14-15-30(29(24-27)34(40)38-18-16-25(2)17-19-38)36-20-22-37(23-21-36)31-12-8-9-13-32(31)41-3/h5-15,24-25,28H,4,16-23H2,1-3H3,(H,35,39). The molecule has 41 heavy (non-hydrogen) atoms. The van der Waals surface area contributed by atoms with Gasteiger partial charge in [-0.3, -0.25) is 9.59 Å². The minimum Gasteiger partial charge on any atom is -0.495 e. The number of likely N-dealkylation sites (tertiary alicyclic amines) is 1. The number of carbonyl (C=O) groups excluding carboxylic acids is 2. The lowest BCUT2D eigenvalue weighted by Crippen LogP contribution is -2.47. The van der Waals surface area contributed by atoms with Crippen molar-refractivity contribution in [3.8, 4) is 5.75 Å². The number of piperidine rings is 1. The number of hydrogen-bond donors (Lipinski definition) is 1. The summed E-state index contributed by atoms with van der Waals surface area (Å²) in [6.45, 7) is 9.03. The maximum absolute atomic E-state index is 13.9. The number of piperazine rings is 1. The SMILES string of the molecule is CCC(C(=O)Nc1ccc(N2CCN(c3ccccc3OC)CC2)c(C(=O)N2CCC(C)CC2)c1)c1ccccc1. The predicted molar refractivity (Wildman–Crippen MR) is 166 cm³/mol. The molecule has 1 N–H and O–H groups in total. The zero-order valence-electron chi connectivity index (χ0n) is 24.5. The maximum atomic E-state index is 13.9. The molecule has 7 heteroatoms. The highest BCUT2D eigenvalue weighted by molar-refractivity contribution is 6.03. The van der Waals surface area contributed by atoms with Gasteiger partial charge in [-0.1, -0.05) is 56.3 Å². The fraction of sp³-hybridized carbons (Fsp3) is 0.412. The molecule has 2 saturated heterocycles. The van der Waals surface area contributed by atoms with Gasteiger partial charge >= 0.3 is 0 Å². The Kier molecular flexibility index (Phi) is 9.12. The van der Waals surface area contributed by atoms with E-state index in [0.29, 0.717) is 23.6 Å². The van der Waals surface area contributed by atoms with Crippen molar-refractivity contribution >= 4 is 28.9 Å². The van der Waals surface area contributed by atoms with Gasteiger partial charge in [0.05, 0.1) is 24.3 Å². The number of anilines is 3. The van der Waals surface area contributed by atoms with Crippen LogP contribution < -0.4 is 19.9 Å². The average Bonchev–Trinajstić information content (AvgIpc) is 3.02. The fourth-order valence-electron chi connectivity index (χ4n) is 6.01. The Bertz CT molecular complexity index is 1330. The van der Waals surface area contributed by atoms with Crippen molar-refractivity contribution in [2.45, 2.75) is 39.0 Å². The molecule has 1 atom stereocenters. The fourth-order valence-corrected chi connectivity index (χ4v) is 6.01. The first-order chi connectivity index (χ1) is 20.0. The number of ether oxygens (including phenoxy) is 1. The van der Waals surface area contributed by atoms with Gasteiger partial charge in [-0.2, -0.15) is 0 Å². The molecule has 3 aromatic rings. The van der Waals surface area contributed by atoms with E-state index in [4.69, 9.17) is 4.74 Å². The number of benzene rings is 3. The summed E-state index contributed by atoms with van der Waals surface area (Å²) in [4.78, 5) is 33.9. The van der Waals surface area contributed by atoms with Crippen molar-refractivity contribution in [1.82, 2.24) is 4.90 Å². The molecular formula is C34H42N4O3. The summed E-state index contributed by atoms with van der Waals surface area (Å²) in [5.74, 6) is 1.25. The van der Waals surface area contributed by atoms with Gasteiger partial charge in [-0.05, 0) is 61.1 Å². The quantitative estimate of drug-likeness (QED) is 0.369. The van der Waals surface area contributed by atoms with E-state index in [1.165, 1.54) is 0 Å². The monoisotopic (exact) mass is 554 g/mol. The minimum absolute atomic E-state index is 0.0465. The van der Waals surface area contributed by atoms with E-state index in [9.17, 15) is 9.59 Å². The van der Waals surface area contributed by atoms with Crippen LogP contribution in [-0.2, 0) is 4.79 Å². The maximum Gasteiger partial charge on any atom is 0.256 e. The lowest BCUT2D eigenvalue weighted by atomic mass is 9.95. The van der Waals surface area contributed by atoms with Crippen molar-refractivity contribution in [3.05, 3.63) is 83.9 Å². The van der Waals surface area contributed by atoms with Crippen LogP contribution in [0.1, 0.15) is 54.9 Å². The number of hydrogen-bond acceptors (Lipinski definition) is 5. The number of carbonyl (C=O) groups is 2. The van der Waals surface area contributed by atoms with E-state index in [2.05, 4.69) is 28.1 Å². The van der Waals surface area contributed by atoms with Crippen molar-refractivity contribution in [2.75, 3.05) is 61.5 Å². The summed E-state index contributed by atoms with van der Waals surface area (Å²) in [6.07, 6.45) is 2.73. The normalized spacial score (nSPS) is 16.8. The molecule has 2 heterocycles. The van der Waals surface area contributed by atoms with Crippen LogP contribution in [0.4, 0.5) is 17.1 Å². The Balaban J connectivity index is 1.38. The molecule has 0 radical (unpaired) electrons. The number of amides is 2. The van der Waals surface area contributed by atoms with E-state index in [1.54, 1.807) is 7.11 Å². The second-order valence-corrected chi connectivity index (χ2v) is 11.2.